The lowest BCUT2D eigenvalue weighted by Crippen LogP contribution is -2.30. The summed E-state index contributed by atoms with van der Waals surface area (Å²) in [5.74, 6) is 2.05. The highest BCUT2D eigenvalue weighted by Gasteiger charge is 2.21. The van der Waals surface area contributed by atoms with Crippen LogP contribution in [0.5, 0.6) is 5.75 Å². The number of methoxy groups -OCH3 is 1. The summed E-state index contributed by atoms with van der Waals surface area (Å²) in [6, 6.07) is 12.8. The number of aromatic nitrogens is 3. The number of pyridine rings is 1. The van der Waals surface area contributed by atoms with Crippen molar-refractivity contribution in [1.82, 2.24) is 19.9 Å². The Morgan fingerprint density at radius 1 is 1.16 bits per heavy atom. The zero-order chi connectivity index (χ0) is 17.1. The van der Waals surface area contributed by atoms with Crippen molar-refractivity contribution in [2.24, 2.45) is 0 Å². The van der Waals surface area contributed by atoms with E-state index in [-0.39, 0.29) is 0 Å². The van der Waals surface area contributed by atoms with Crippen molar-refractivity contribution in [1.29, 1.82) is 0 Å². The van der Waals surface area contributed by atoms with Gasteiger partial charge in [0.1, 0.15) is 17.1 Å². The third-order valence-electron chi connectivity index (χ3n) is 4.97. The van der Waals surface area contributed by atoms with Gasteiger partial charge in [-0.1, -0.05) is 12.1 Å². The molecule has 1 N–H and O–H groups in total. The first-order chi connectivity index (χ1) is 12.3. The minimum Gasteiger partial charge on any atom is -0.497 e. The summed E-state index contributed by atoms with van der Waals surface area (Å²) >= 11 is 0. The molecule has 3 aromatic rings. The van der Waals surface area contributed by atoms with Gasteiger partial charge in [-0.2, -0.15) is 0 Å². The van der Waals surface area contributed by atoms with E-state index in [2.05, 4.69) is 33.1 Å². The molecule has 1 aromatic carbocycles. The molecule has 2 aromatic heterocycles. The molecule has 1 fully saturated rings. The van der Waals surface area contributed by atoms with E-state index in [1.54, 1.807) is 7.11 Å². The predicted molar refractivity (Wildman–Crippen MR) is 99.1 cm³/mol. The molecule has 0 bridgehead atoms. The highest BCUT2D eigenvalue weighted by Crippen LogP contribution is 2.26. The maximum atomic E-state index is 5.34. The summed E-state index contributed by atoms with van der Waals surface area (Å²) < 4.78 is 7.72. The summed E-state index contributed by atoms with van der Waals surface area (Å²) in [6.07, 6.45) is 5.99. The largest absolute Gasteiger partial charge is 0.497 e. The standard InChI is InChI=1S/C20H24N4O/c1-25-17-5-2-4-15(14-17)7-8-19-23-18-6-3-11-22-20(18)24(19)16-9-12-21-13-10-16/h2-6,11,14,16,21H,7-10,12-13H2,1H3. The Morgan fingerprint density at radius 2 is 2.04 bits per heavy atom. The number of hydrogen-bond acceptors (Lipinski definition) is 4. The first-order valence-electron chi connectivity index (χ1n) is 9.00. The molecule has 25 heavy (non-hydrogen) atoms. The molecule has 0 aliphatic carbocycles. The van der Waals surface area contributed by atoms with Gasteiger partial charge in [0.25, 0.3) is 0 Å². The molecule has 3 heterocycles. The second kappa shape index (κ2) is 7.23. The number of nitrogens with zero attached hydrogens (tertiary/aromatic N) is 3. The Labute approximate surface area is 148 Å². The van der Waals surface area contributed by atoms with Crippen LogP contribution in [0.1, 0.15) is 30.3 Å². The van der Waals surface area contributed by atoms with E-state index in [0.29, 0.717) is 6.04 Å². The van der Waals surface area contributed by atoms with Crippen LogP contribution in [0, 0.1) is 0 Å². The summed E-state index contributed by atoms with van der Waals surface area (Å²) in [6.45, 7) is 2.12. The van der Waals surface area contributed by atoms with Gasteiger partial charge in [0.15, 0.2) is 5.65 Å². The Balaban J connectivity index is 1.63. The quantitative estimate of drug-likeness (QED) is 0.778. The van der Waals surface area contributed by atoms with Gasteiger partial charge in [-0.05, 0) is 62.2 Å². The molecule has 5 heteroatoms. The van der Waals surface area contributed by atoms with Crippen LogP contribution >= 0.6 is 0 Å². The minimum atomic E-state index is 0.487. The number of aryl methyl sites for hydroxylation is 2. The van der Waals surface area contributed by atoms with Gasteiger partial charge < -0.3 is 14.6 Å². The smallest absolute Gasteiger partial charge is 0.160 e. The Kier molecular flexibility index (Phi) is 4.65. The maximum Gasteiger partial charge on any atom is 0.160 e. The topological polar surface area (TPSA) is 52.0 Å². The zero-order valence-electron chi connectivity index (χ0n) is 14.6. The third kappa shape index (κ3) is 3.37. The lowest BCUT2D eigenvalue weighted by molar-refractivity contribution is 0.365. The summed E-state index contributed by atoms with van der Waals surface area (Å²) in [5.41, 5.74) is 3.30. The average molecular weight is 336 g/mol. The van der Waals surface area contributed by atoms with Gasteiger partial charge in [0.05, 0.1) is 7.11 Å². The second-order valence-electron chi connectivity index (χ2n) is 6.58. The Hall–Kier alpha value is -2.40. The number of piperidine rings is 1. The van der Waals surface area contributed by atoms with Crippen LogP contribution < -0.4 is 10.1 Å². The molecule has 0 radical (unpaired) electrons. The highest BCUT2D eigenvalue weighted by atomic mass is 16.5. The summed E-state index contributed by atoms with van der Waals surface area (Å²) in [7, 11) is 1.71. The fraction of sp³-hybridized carbons (Fsp3) is 0.400. The monoisotopic (exact) mass is 336 g/mol. The molecular weight excluding hydrogens is 312 g/mol. The highest BCUT2D eigenvalue weighted by molar-refractivity contribution is 5.71. The van der Waals surface area contributed by atoms with Crippen LogP contribution in [0.25, 0.3) is 11.2 Å². The summed E-state index contributed by atoms with van der Waals surface area (Å²) in [5, 5.41) is 3.45. The van der Waals surface area contributed by atoms with Gasteiger partial charge >= 0.3 is 0 Å². The molecule has 1 saturated heterocycles. The molecule has 1 aliphatic heterocycles. The molecule has 0 atom stereocenters. The maximum absolute atomic E-state index is 5.34. The van der Waals surface area contributed by atoms with E-state index in [1.165, 1.54) is 5.56 Å². The molecule has 0 amide bonds. The molecule has 0 unspecified atom stereocenters. The number of nitrogens with one attached hydrogen (secondary N) is 1. The van der Waals surface area contributed by atoms with E-state index < -0.39 is 0 Å². The van der Waals surface area contributed by atoms with Crippen molar-refractivity contribution in [3.05, 3.63) is 54.0 Å². The van der Waals surface area contributed by atoms with Gasteiger partial charge in [0.2, 0.25) is 0 Å². The van der Waals surface area contributed by atoms with Crippen molar-refractivity contribution >= 4 is 11.2 Å². The molecule has 5 nitrogen and oxygen atoms in total. The normalized spacial score (nSPS) is 15.6. The fourth-order valence-electron chi connectivity index (χ4n) is 3.69. The average Bonchev–Trinajstić information content (AvgIpc) is 3.05. The van der Waals surface area contributed by atoms with Gasteiger partial charge in [-0.15, -0.1) is 0 Å². The van der Waals surface area contributed by atoms with E-state index in [4.69, 9.17) is 9.72 Å². The number of fused-ring (bicyclic) bond motifs is 1. The molecular formula is C20H24N4O. The second-order valence-corrected chi connectivity index (χ2v) is 6.58. The summed E-state index contributed by atoms with van der Waals surface area (Å²) in [4.78, 5) is 9.51. The lowest BCUT2D eigenvalue weighted by Gasteiger charge is -2.26. The van der Waals surface area contributed by atoms with Crippen molar-refractivity contribution in [3.63, 3.8) is 0 Å². The van der Waals surface area contributed by atoms with Crippen molar-refractivity contribution < 1.29 is 4.74 Å². The van der Waals surface area contributed by atoms with Crippen LogP contribution in [-0.4, -0.2) is 34.7 Å². The fourth-order valence-corrected chi connectivity index (χ4v) is 3.69. The molecule has 0 spiro atoms. The number of hydrogen-bond donors (Lipinski definition) is 1. The molecule has 1 aliphatic rings. The van der Waals surface area contributed by atoms with Gasteiger partial charge in [-0.3, -0.25) is 0 Å². The zero-order valence-corrected chi connectivity index (χ0v) is 14.6. The van der Waals surface area contributed by atoms with Crippen molar-refractivity contribution in [2.75, 3.05) is 20.2 Å². The van der Waals surface area contributed by atoms with Gasteiger partial charge in [-0.25, -0.2) is 9.97 Å². The van der Waals surface area contributed by atoms with Crippen molar-refractivity contribution in [3.8, 4) is 5.75 Å². The van der Waals surface area contributed by atoms with E-state index in [9.17, 15) is 0 Å². The van der Waals surface area contributed by atoms with Crippen LogP contribution in [0.15, 0.2) is 42.6 Å². The minimum absolute atomic E-state index is 0.487. The van der Waals surface area contributed by atoms with Crippen LogP contribution in [0.2, 0.25) is 0 Å². The molecule has 4 rings (SSSR count). The predicted octanol–water partition coefficient (Wildman–Crippen LogP) is 3.15. The van der Waals surface area contributed by atoms with E-state index in [0.717, 1.165) is 61.5 Å². The van der Waals surface area contributed by atoms with Crippen LogP contribution in [0.3, 0.4) is 0 Å². The molecule has 130 valence electrons. The van der Waals surface area contributed by atoms with E-state index >= 15 is 0 Å². The lowest BCUT2D eigenvalue weighted by atomic mass is 10.1. The third-order valence-corrected chi connectivity index (χ3v) is 4.97. The SMILES string of the molecule is COc1cccc(CCc2nc3cccnc3n2C2CCNCC2)c1. The Bertz CT molecular complexity index is 852. The first-order valence-corrected chi connectivity index (χ1v) is 9.00. The van der Waals surface area contributed by atoms with Crippen LogP contribution in [-0.2, 0) is 12.8 Å². The number of rotatable bonds is 5. The number of ether oxygens (including phenoxy) is 1. The Morgan fingerprint density at radius 3 is 2.88 bits per heavy atom. The number of benzene rings is 1. The van der Waals surface area contributed by atoms with Gasteiger partial charge in [0, 0.05) is 18.7 Å². The first kappa shape index (κ1) is 16.1. The molecule has 0 saturated carbocycles. The number of imidazole rings is 1. The van der Waals surface area contributed by atoms with Crippen LogP contribution in [0.4, 0.5) is 0 Å². The van der Waals surface area contributed by atoms with Crippen molar-refractivity contribution in [2.45, 2.75) is 31.7 Å². The van der Waals surface area contributed by atoms with E-state index in [1.807, 2.05) is 24.4 Å².